The Morgan fingerprint density at radius 2 is 1.71 bits per heavy atom. The molecule has 1 aromatic heterocycles. The van der Waals surface area contributed by atoms with E-state index in [0.717, 1.165) is 71.5 Å². The monoisotopic (exact) mass is 386 g/mol. The number of rotatable bonds is 4. The fourth-order valence-electron chi connectivity index (χ4n) is 5.07. The van der Waals surface area contributed by atoms with Gasteiger partial charge >= 0.3 is 0 Å². The van der Waals surface area contributed by atoms with Crippen molar-refractivity contribution in [2.75, 3.05) is 39.3 Å². The molecule has 4 heterocycles. The number of hydrogen-bond donors (Lipinski definition) is 1. The standard InChI is InChI=1S/C22H34N4O2/c27-21-7-14-25(15-8-21)22(28)19-2-1-11-26(17-19)20-5-12-24(13-6-20)16-18-3-9-23-10-4-18/h3-4,9-10,19-21,27H,1-2,5-8,11-17H2. The Balaban J connectivity index is 1.25. The van der Waals surface area contributed by atoms with Crippen LogP contribution >= 0.6 is 0 Å². The molecule has 154 valence electrons. The summed E-state index contributed by atoms with van der Waals surface area (Å²) < 4.78 is 0. The Bertz CT molecular complexity index is 625. The summed E-state index contributed by atoms with van der Waals surface area (Å²) in [5.74, 6) is 0.477. The first kappa shape index (κ1) is 19.8. The van der Waals surface area contributed by atoms with Crippen molar-refractivity contribution in [3.63, 3.8) is 0 Å². The number of carbonyl (C=O) groups excluding carboxylic acids is 1. The Kier molecular flexibility index (Phi) is 6.60. The molecule has 28 heavy (non-hydrogen) atoms. The molecule has 3 aliphatic rings. The normalized spacial score (nSPS) is 26.5. The zero-order valence-corrected chi connectivity index (χ0v) is 16.9. The second-order valence-electron chi connectivity index (χ2n) is 8.75. The van der Waals surface area contributed by atoms with Gasteiger partial charge in [-0.15, -0.1) is 0 Å². The molecule has 0 radical (unpaired) electrons. The van der Waals surface area contributed by atoms with Crippen LogP contribution in [-0.4, -0.2) is 82.1 Å². The highest BCUT2D eigenvalue weighted by Gasteiger charge is 2.34. The van der Waals surface area contributed by atoms with E-state index in [9.17, 15) is 9.90 Å². The summed E-state index contributed by atoms with van der Waals surface area (Å²) in [6.07, 6.45) is 9.54. The van der Waals surface area contributed by atoms with Crippen molar-refractivity contribution in [2.24, 2.45) is 5.92 Å². The minimum Gasteiger partial charge on any atom is -0.393 e. The van der Waals surface area contributed by atoms with Crippen LogP contribution in [0, 0.1) is 5.92 Å². The molecule has 0 spiro atoms. The average Bonchev–Trinajstić information content (AvgIpc) is 2.75. The van der Waals surface area contributed by atoms with Crippen LogP contribution in [-0.2, 0) is 11.3 Å². The summed E-state index contributed by atoms with van der Waals surface area (Å²) in [6, 6.07) is 4.83. The van der Waals surface area contributed by atoms with Gasteiger partial charge < -0.3 is 10.0 Å². The van der Waals surface area contributed by atoms with Crippen molar-refractivity contribution in [3.8, 4) is 0 Å². The molecule has 1 N–H and O–H groups in total. The third-order valence-electron chi connectivity index (χ3n) is 6.81. The summed E-state index contributed by atoms with van der Waals surface area (Å²) in [7, 11) is 0. The lowest BCUT2D eigenvalue weighted by Gasteiger charge is -2.43. The lowest BCUT2D eigenvalue weighted by atomic mass is 9.92. The predicted molar refractivity (Wildman–Crippen MR) is 109 cm³/mol. The third-order valence-corrected chi connectivity index (χ3v) is 6.81. The second-order valence-corrected chi connectivity index (χ2v) is 8.75. The van der Waals surface area contributed by atoms with E-state index >= 15 is 0 Å². The maximum atomic E-state index is 12.9. The molecule has 0 saturated carbocycles. The molecule has 1 aromatic rings. The minimum atomic E-state index is -0.218. The molecular weight excluding hydrogens is 352 g/mol. The number of piperidine rings is 3. The highest BCUT2D eigenvalue weighted by Crippen LogP contribution is 2.26. The van der Waals surface area contributed by atoms with Crippen LogP contribution in [0.25, 0.3) is 0 Å². The SMILES string of the molecule is O=C(C1CCCN(C2CCN(Cc3ccncc3)CC2)C1)N1CCC(O)CC1. The summed E-state index contributed by atoms with van der Waals surface area (Å²) >= 11 is 0. The molecule has 3 fully saturated rings. The fraction of sp³-hybridized carbons (Fsp3) is 0.727. The van der Waals surface area contributed by atoms with Crippen molar-refractivity contribution >= 4 is 5.91 Å². The van der Waals surface area contributed by atoms with Gasteiger partial charge in [-0.25, -0.2) is 0 Å². The van der Waals surface area contributed by atoms with Gasteiger partial charge in [-0.1, -0.05) is 0 Å². The molecule has 3 saturated heterocycles. The molecule has 1 amide bonds. The Hall–Kier alpha value is -1.50. The van der Waals surface area contributed by atoms with Crippen LogP contribution in [0.15, 0.2) is 24.5 Å². The maximum Gasteiger partial charge on any atom is 0.226 e. The van der Waals surface area contributed by atoms with Crippen LogP contribution in [0.3, 0.4) is 0 Å². The molecular formula is C22H34N4O2. The Morgan fingerprint density at radius 1 is 1.00 bits per heavy atom. The molecule has 6 nitrogen and oxygen atoms in total. The van der Waals surface area contributed by atoms with E-state index in [0.29, 0.717) is 11.9 Å². The molecule has 6 heteroatoms. The van der Waals surface area contributed by atoms with E-state index in [2.05, 4.69) is 26.9 Å². The molecule has 4 rings (SSSR count). The van der Waals surface area contributed by atoms with Crippen molar-refractivity contribution in [2.45, 2.75) is 57.2 Å². The molecule has 0 aliphatic carbocycles. The summed E-state index contributed by atoms with van der Waals surface area (Å²) in [4.78, 5) is 24.2. The number of nitrogens with zero attached hydrogens (tertiary/aromatic N) is 4. The number of aromatic nitrogens is 1. The average molecular weight is 387 g/mol. The van der Waals surface area contributed by atoms with Gasteiger partial charge in [0.15, 0.2) is 0 Å². The van der Waals surface area contributed by atoms with E-state index in [-0.39, 0.29) is 12.0 Å². The summed E-state index contributed by atoms with van der Waals surface area (Å²) in [6.45, 7) is 6.79. The lowest BCUT2D eigenvalue weighted by Crippen LogP contribution is -2.52. The minimum absolute atomic E-state index is 0.152. The smallest absolute Gasteiger partial charge is 0.226 e. The van der Waals surface area contributed by atoms with E-state index in [4.69, 9.17) is 0 Å². The predicted octanol–water partition coefficient (Wildman–Crippen LogP) is 1.74. The number of aliphatic hydroxyl groups excluding tert-OH is 1. The number of carbonyl (C=O) groups is 1. The van der Waals surface area contributed by atoms with Crippen molar-refractivity contribution < 1.29 is 9.90 Å². The van der Waals surface area contributed by atoms with Crippen molar-refractivity contribution in [3.05, 3.63) is 30.1 Å². The number of likely N-dealkylation sites (tertiary alicyclic amines) is 3. The Labute approximate surface area is 168 Å². The number of hydrogen-bond acceptors (Lipinski definition) is 5. The zero-order valence-electron chi connectivity index (χ0n) is 16.9. The summed E-state index contributed by atoms with van der Waals surface area (Å²) in [5, 5.41) is 9.69. The van der Waals surface area contributed by atoms with Gasteiger partial charge in [0.05, 0.1) is 12.0 Å². The van der Waals surface area contributed by atoms with Gasteiger partial charge in [0, 0.05) is 44.6 Å². The first-order valence-corrected chi connectivity index (χ1v) is 11.0. The molecule has 3 aliphatic heterocycles. The number of aliphatic hydroxyl groups is 1. The molecule has 1 atom stereocenters. The van der Waals surface area contributed by atoms with E-state index < -0.39 is 0 Å². The van der Waals surface area contributed by atoms with Crippen LogP contribution in [0.1, 0.15) is 44.1 Å². The molecule has 0 aromatic carbocycles. The van der Waals surface area contributed by atoms with Crippen LogP contribution in [0.5, 0.6) is 0 Å². The largest absolute Gasteiger partial charge is 0.393 e. The van der Waals surface area contributed by atoms with Crippen LogP contribution < -0.4 is 0 Å². The van der Waals surface area contributed by atoms with E-state index in [1.54, 1.807) is 0 Å². The van der Waals surface area contributed by atoms with E-state index in [1.807, 2.05) is 17.3 Å². The highest BCUT2D eigenvalue weighted by atomic mass is 16.3. The topological polar surface area (TPSA) is 59.9 Å². The second kappa shape index (κ2) is 9.33. The van der Waals surface area contributed by atoms with Gasteiger partial charge in [0.2, 0.25) is 5.91 Å². The lowest BCUT2D eigenvalue weighted by molar-refractivity contribution is -0.139. The van der Waals surface area contributed by atoms with Crippen molar-refractivity contribution in [1.82, 2.24) is 19.7 Å². The van der Waals surface area contributed by atoms with E-state index in [1.165, 1.54) is 18.4 Å². The van der Waals surface area contributed by atoms with Crippen LogP contribution in [0.2, 0.25) is 0 Å². The molecule has 1 unspecified atom stereocenters. The van der Waals surface area contributed by atoms with Gasteiger partial charge in [-0.2, -0.15) is 0 Å². The number of amides is 1. The summed E-state index contributed by atoms with van der Waals surface area (Å²) in [5.41, 5.74) is 1.34. The van der Waals surface area contributed by atoms with Gasteiger partial charge in [0.1, 0.15) is 0 Å². The maximum absolute atomic E-state index is 12.9. The van der Waals surface area contributed by atoms with Gasteiger partial charge in [-0.05, 0) is 75.9 Å². The third kappa shape index (κ3) is 4.91. The van der Waals surface area contributed by atoms with Gasteiger partial charge in [0.25, 0.3) is 0 Å². The van der Waals surface area contributed by atoms with Crippen molar-refractivity contribution in [1.29, 1.82) is 0 Å². The zero-order chi connectivity index (χ0) is 19.3. The highest BCUT2D eigenvalue weighted by molar-refractivity contribution is 5.79. The fourth-order valence-corrected chi connectivity index (χ4v) is 5.07. The first-order chi connectivity index (χ1) is 13.7. The number of pyridine rings is 1. The first-order valence-electron chi connectivity index (χ1n) is 11.0. The quantitative estimate of drug-likeness (QED) is 0.854. The van der Waals surface area contributed by atoms with Crippen LogP contribution in [0.4, 0.5) is 0 Å². The van der Waals surface area contributed by atoms with Gasteiger partial charge in [-0.3, -0.25) is 19.6 Å². The molecule has 0 bridgehead atoms. The Morgan fingerprint density at radius 3 is 2.43 bits per heavy atom.